The summed E-state index contributed by atoms with van der Waals surface area (Å²) in [5, 5.41) is 0.303. The fourth-order valence-corrected chi connectivity index (χ4v) is 4.30. The van der Waals surface area contributed by atoms with Crippen LogP contribution in [-0.2, 0) is 17.6 Å². The van der Waals surface area contributed by atoms with Crippen molar-refractivity contribution in [2.75, 3.05) is 11.5 Å². The molecule has 2 heterocycles. The molecular weight excluding hydrogens is 455 g/mol. The van der Waals surface area contributed by atoms with Gasteiger partial charge in [0.1, 0.15) is 11.1 Å². The standard InChI is InChI=1S/C24H21Cl3N2O2/c1-2-15-3-7-18(28-14-15)11-12-31-19-8-4-16(5-9-19)23-22(27)24(30)29(23)21-13-17(25)6-10-20(21)26/h3-10,13-14,22-23H,2,11-12H2,1H3. The second-order valence-electron chi connectivity index (χ2n) is 7.33. The average molecular weight is 476 g/mol. The van der Waals surface area contributed by atoms with Crippen LogP contribution in [0, 0.1) is 0 Å². The van der Waals surface area contributed by atoms with Crippen molar-refractivity contribution >= 4 is 46.4 Å². The number of halogens is 3. The van der Waals surface area contributed by atoms with Crippen molar-refractivity contribution in [3.63, 3.8) is 0 Å². The minimum absolute atomic E-state index is 0.197. The number of nitrogens with zero attached hydrogens (tertiary/aromatic N) is 2. The summed E-state index contributed by atoms with van der Waals surface area (Å²) >= 11 is 18.7. The maximum Gasteiger partial charge on any atom is 0.248 e. The van der Waals surface area contributed by atoms with Crippen molar-refractivity contribution in [1.29, 1.82) is 0 Å². The van der Waals surface area contributed by atoms with Gasteiger partial charge in [0, 0.05) is 23.3 Å². The number of anilines is 1. The predicted molar refractivity (Wildman–Crippen MR) is 126 cm³/mol. The van der Waals surface area contributed by atoms with Gasteiger partial charge in [-0.05, 0) is 53.9 Å². The number of carbonyl (C=O) groups is 1. The number of pyridine rings is 1. The second kappa shape index (κ2) is 9.47. The van der Waals surface area contributed by atoms with E-state index in [2.05, 4.69) is 18.0 Å². The highest BCUT2D eigenvalue weighted by Gasteiger charge is 2.48. The van der Waals surface area contributed by atoms with E-state index in [0.29, 0.717) is 22.3 Å². The predicted octanol–water partition coefficient (Wildman–Crippen LogP) is 6.27. The van der Waals surface area contributed by atoms with Crippen LogP contribution in [0.2, 0.25) is 10.0 Å². The van der Waals surface area contributed by atoms with E-state index in [-0.39, 0.29) is 11.9 Å². The van der Waals surface area contributed by atoms with Gasteiger partial charge in [0.15, 0.2) is 0 Å². The second-order valence-corrected chi connectivity index (χ2v) is 8.64. The molecule has 4 rings (SSSR count). The summed E-state index contributed by atoms with van der Waals surface area (Å²) in [6, 6.07) is 16.4. The third-order valence-corrected chi connectivity index (χ3v) is 6.32. The quantitative estimate of drug-likeness (QED) is 0.299. The molecule has 1 aromatic heterocycles. The minimum atomic E-state index is -0.654. The van der Waals surface area contributed by atoms with Gasteiger partial charge in [0.25, 0.3) is 0 Å². The number of hydrogen-bond acceptors (Lipinski definition) is 3. The molecule has 31 heavy (non-hydrogen) atoms. The first kappa shape index (κ1) is 21.9. The number of alkyl halides is 1. The fraction of sp³-hybridized carbons (Fsp3) is 0.250. The molecule has 1 amide bonds. The van der Waals surface area contributed by atoms with E-state index in [4.69, 9.17) is 39.5 Å². The topological polar surface area (TPSA) is 42.4 Å². The lowest BCUT2D eigenvalue weighted by molar-refractivity contribution is -0.123. The number of carbonyl (C=O) groups excluding carboxylic acids is 1. The Morgan fingerprint density at radius 3 is 2.52 bits per heavy atom. The molecule has 1 aliphatic heterocycles. The summed E-state index contributed by atoms with van der Waals surface area (Å²) in [5.41, 5.74) is 3.68. The Kier molecular flexibility index (Phi) is 6.71. The molecular formula is C24H21Cl3N2O2. The SMILES string of the molecule is CCc1ccc(CCOc2ccc(C3C(Cl)C(=O)N3c3cc(Cl)ccc3Cl)cc2)nc1. The maximum absolute atomic E-state index is 12.5. The number of amides is 1. The summed E-state index contributed by atoms with van der Waals surface area (Å²) < 4.78 is 5.86. The number of rotatable bonds is 7. The zero-order chi connectivity index (χ0) is 22.0. The molecule has 4 nitrogen and oxygen atoms in total. The molecule has 1 fully saturated rings. The largest absolute Gasteiger partial charge is 0.493 e. The van der Waals surface area contributed by atoms with Crippen LogP contribution in [0.25, 0.3) is 0 Å². The monoisotopic (exact) mass is 474 g/mol. The summed E-state index contributed by atoms with van der Waals surface area (Å²) in [4.78, 5) is 18.5. The Balaban J connectivity index is 1.42. The third kappa shape index (κ3) is 4.67. The number of benzene rings is 2. The van der Waals surface area contributed by atoms with E-state index in [0.717, 1.165) is 29.8 Å². The zero-order valence-electron chi connectivity index (χ0n) is 16.9. The lowest BCUT2D eigenvalue weighted by Gasteiger charge is -2.45. The van der Waals surface area contributed by atoms with Gasteiger partial charge in [-0.1, -0.05) is 48.3 Å². The van der Waals surface area contributed by atoms with E-state index in [1.165, 1.54) is 5.56 Å². The first-order chi connectivity index (χ1) is 15.0. The molecule has 2 atom stereocenters. The number of aromatic nitrogens is 1. The summed E-state index contributed by atoms with van der Waals surface area (Å²) in [7, 11) is 0. The van der Waals surface area contributed by atoms with Gasteiger partial charge < -0.3 is 4.74 Å². The molecule has 0 aliphatic carbocycles. The molecule has 0 N–H and O–H groups in total. The molecule has 2 aromatic carbocycles. The van der Waals surface area contributed by atoms with Crippen LogP contribution >= 0.6 is 34.8 Å². The van der Waals surface area contributed by atoms with Crippen molar-refractivity contribution in [2.45, 2.75) is 31.2 Å². The molecule has 1 saturated heterocycles. The van der Waals surface area contributed by atoms with Crippen molar-refractivity contribution in [2.24, 2.45) is 0 Å². The first-order valence-electron chi connectivity index (χ1n) is 10.1. The number of hydrogen-bond donors (Lipinski definition) is 0. The Morgan fingerprint density at radius 2 is 1.84 bits per heavy atom. The van der Waals surface area contributed by atoms with E-state index in [1.54, 1.807) is 23.1 Å². The number of aryl methyl sites for hydroxylation is 1. The molecule has 1 aliphatic rings. The van der Waals surface area contributed by atoms with Gasteiger partial charge in [-0.15, -0.1) is 11.6 Å². The van der Waals surface area contributed by atoms with Gasteiger partial charge in [0.2, 0.25) is 5.91 Å². The van der Waals surface area contributed by atoms with Gasteiger partial charge in [-0.25, -0.2) is 0 Å². The average Bonchev–Trinajstić information content (AvgIpc) is 2.80. The van der Waals surface area contributed by atoms with E-state index < -0.39 is 5.38 Å². The fourth-order valence-electron chi connectivity index (χ4n) is 3.56. The van der Waals surface area contributed by atoms with E-state index >= 15 is 0 Å². The van der Waals surface area contributed by atoms with Crippen LogP contribution in [0.3, 0.4) is 0 Å². The Hall–Kier alpha value is -2.27. The highest BCUT2D eigenvalue weighted by Crippen LogP contribution is 2.45. The van der Waals surface area contributed by atoms with Crippen molar-refractivity contribution in [1.82, 2.24) is 4.98 Å². The smallest absolute Gasteiger partial charge is 0.248 e. The van der Waals surface area contributed by atoms with E-state index in [1.807, 2.05) is 36.5 Å². The Bertz CT molecular complexity index is 1070. The van der Waals surface area contributed by atoms with Crippen LogP contribution in [0.1, 0.15) is 29.8 Å². The van der Waals surface area contributed by atoms with Crippen LogP contribution in [0.15, 0.2) is 60.8 Å². The van der Waals surface area contributed by atoms with Crippen LogP contribution < -0.4 is 9.64 Å². The van der Waals surface area contributed by atoms with Crippen LogP contribution in [0.5, 0.6) is 5.75 Å². The molecule has 0 saturated carbocycles. The van der Waals surface area contributed by atoms with Crippen LogP contribution in [-0.4, -0.2) is 22.9 Å². The molecule has 7 heteroatoms. The Labute approximate surface area is 196 Å². The third-order valence-electron chi connectivity index (χ3n) is 5.34. The van der Waals surface area contributed by atoms with Crippen LogP contribution in [0.4, 0.5) is 5.69 Å². The minimum Gasteiger partial charge on any atom is -0.493 e. The van der Waals surface area contributed by atoms with Gasteiger partial charge in [0.05, 0.1) is 23.4 Å². The van der Waals surface area contributed by atoms with Gasteiger partial charge >= 0.3 is 0 Å². The summed E-state index contributed by atoms with van der Waals surface area (Å²) in [5.74, 6) is 0.552. The lowest BCUT2D eigenvalue weighted by atomic mass is 9.92. The molecule has 2 unspecified atom stereocenters. The number of ether oxygens (including phenoxy) is 1. The molecule has 3 aromatic rings. The molecule has 0 bridgehead atoms. The van der Waals surface area contributed by atoms with Gasteiger partial charge in [-0.3, -0.25) is 14.7 Å². The molecule has 0 spiro atoms. The lowest BCUT2D eigenvalue weighted by Crippen LogP contribution is -2.56. The number of β-lactam (4-membered cyclic amide) rings is 1. The van der Waals surface area contributed by atoms with Crippen molar-refractivity contribution in [3.05, 3.63) is 87.7 Å². The maximum atomic E-state index is 12.5. The molecule has 160 valence electrons. The van der Waals surface area contributed by atoms with Crippen molar-refractivity contribution < 1.29 is 9.53 Å². The highest BCUT2D eigenvalue weighted by molar-refractivity contribution is 6.40. The summed E-state index contributed by atoms with van der Waals surface area (Å²) in [6.45, 7) is 2.64. The summed E-state index contributed by atoms with van der Waals surface area (Å²) in [6.07, 6.45) is 3.62. The molecule has 0 radical (unpaired) electrons. The first-order valence-corrected chi connectivity index (χ1v) is 11.3. The van der Waals surface area contributed by atoms with E-state index in [9.17, 15) is 4.79 Å². The highest BCUT2D eigenvalue weighted by atomic mass is 35.5. The van der Waals surface area contributed by atoms with Gasteiger partial charge in [-0.2, -0.15) is 0 Å². The zero-order valence-corrected chi connectivity index (χ0v) is 19.2. The Morgan fingerprint density at radius 1 is 1.06 bits per heavy atom. The normalized spacial score (nSPS) is 18.1. The van der Waals surface area contributed by atoms with Crippen molar-refractivity contribution in [3.8, 4) is 5.75 Å².